The molecule has 1 fully saturated rings. The van der Waals surface area contributed by atoms with Crippen LogP contribution in [0.3, 0.4) is 0 Å². The van der Waals surface area contributed by atoms with Crippen molar-refractivity contribution in [1.29, 1.82) is 0 Å². The third-order valence-corrected chi connectivity index (χ3v) is 3.54. The highest BCUT2D eigenvalue weighted by atomic mass is 19.1. The van der Waals surface area contributed by atoms with E-state index in [2.05, 4.69) is 10.4 Å². The van der Waals surface area contributed by atoms with Crippen molar-refractivity contribution in [2.45, 2.75) is 18.3 Å². The van der Waals surface area contributed by atoms with Crippen LogP contribution in [-0.4, -0.2) is 15.7 Å². The fourth-order valence-electron chi connectivity index (χ4n) is 2.28. The van der Waals surface area contributed by atoms with Crippen molar-refractivity contribution in [2.24, 2.45) is 7.05 Å². The van der Waals surface area contributed by atoms with Crippen LogP contribution < -0.4 is 5.32 Å². The third-order valence-electron chi connectivity index (χ3n) is 3.54. The van der Waals surface area contributed by atoms with Crippen LogP contribution in [0.15, 0.2) is 36.7 Å². The van der Waals surface area contributed by atoms with Crippen molar-refractivity contribution in [2.75, 3.05) is 5.32 Å². The van der Waals surface area contributed by atoms with Crippen molar-refractivity contribution >= 4 is 11.6 Å². The molecule has 98 valence electrons. The van der Waals surface area contributed by atoms with Crippen LogP contribution in [0.2, 0.25) is 0 Å². The molecule has 2 aromatic rings. The quantitative estimate of drug-likeness (QED) is 0.918. The maximum absolute atomic E-state index is 12.9. The van der Waals surface area contributed by atoms with Crippen LogP contribution in [0.25, 0.3) is 0 Å². The molecule has 1 aliphatic rings. The first kappa shape index (κ1) is 11.9. The molecule has 1 amide bonds. The van der Waals surface area contributed by atoms with E-state index >= 15 is 0 Å². The average Bonchev–Trinajstić information content (AvgIpc) is 3.10. The maximum Gasteiger partial charge on any atom is 0.235 e. The Morgan fingerprint density at radius 3 is 2.58 bits per heavy atom. The average molecular weight is 259 g/mol. The summed E-state index contributed by atoms with van der Waals surface area (Å²) in [5.74, 6) is -0.334. The van der Waals surface area contributed by atoms with Crippen LogP contribution >= 0.6 is 0 Å². The molecule has 0 atom stereocenters. The number of carbonyl (C=O) groups is 1. The molecule has 0 spiro atoms. The lowest BCUT2D eigenvalue weighted by atomic mass is 9.95. The summed E-state index contributed by atoms with van der Waals surface area (Å²) in [5, 5.41) is 6.87. The Morgan fingerprint density at radius 2 is 2.05 bits per heavy atom. The zero-order chi connectivity index (χ0) is 13.5. The van der Waals surface area contributed by atoms with Crippen LogP contribution in [-0.2, 0) is 17.3 Å². The molecule has 1 aromatic heterocycles. The van der Waals surface area contributed by atoms with Gasteiger partial charge in [-0.2, -0.15) is 5.10 Å². The molecule has 1 aromatic carbocycles. The maximum atomic E-state index is 12.9. The van der Waals surface area contributed by atoms with E-state index in [1.165, 1.54) is 12.1 Å². The van der Waals surface area contributed by atoms with E-state index in [1.54, 1.807) is 36.3 Å². The second-order valence-corrected chi connectivity index (χ2v) is 4.95. The van der Waals surface area contributed by atoms with Crippen molar-refractivity contribution < 1.29 is 9.18 Å². The Bertz CT molecular complexity index is 614. The minimum atomic E-state index is -0.496. The van der Waals surface area contributed by atoms with E-state index in [0.717, 1.165) is 18.4 Å². The summed E-state index contributed by atoms with van der Waals surface area (Å²) in [6.45, 7) is 0. The van der Waals surface area contributed by atoms with Crippen LogP contribution in [0.4, 0.5) is 10.1 Å². The van der Waals surface area contributed by atoms with Gasteiger partial charge in [-0.3, -0.25) is 9.48 Å². The van der Waals surface area contributed by atoms with Gasteiger partial charge < -0.3 is 5.32 Å². The highest BCUT2D eigenvalue weighted by Gasteiger charge is 2.51. The van der Waals surface area contributed by atoms with E-state index in [4.69, 9.17) is 0 Å². The molecular formula is C14H14FN3O. The van der Waals surface area contributed by atoms with Crippen molar-refractivity contribution in [1.82, 2.24) is 9.78 Å². The molecule has 1 heterocycles. The van der Waals surface area contributed by atoms with Gasteiger partial charge >= 0.3 is 0 Å². The van der Waals surface area contributed by atoms with Crippen LogP contribution in [0.5, 0.6) is 0 Å². The number of halogens is 1. The predicted octanol–water partition coefficient (Wildman–Crippen LogP) is 2.23. The van der Waals surface area contributed by atoms with Gasteiger partial charge in [-0.05, 0) is 30.5 Å². The lowest BCUT2D eigenvalue weighted by Crippen LogP contribution is -2.27. The monoisotopic (exact) mass is 259 g/mol. The molecule has 0 saturated heterocycles. The second kappa shape index (κ2) is 4.19. The molecule has 1 saturated carbocycles. The number of nitrogens with one attached hydrogen (secondary N) is 1. The summed E-state index contributed by atoms with van der Waals surface area (Å²) in [6, 6.07) is 6.16. The van der Waals surface area contributed by atoms with Crippen LogP contribution in [0.1, 0.15) is 18.4 Å². The molecule has 4 nitrogen and oxygen atoms in total. The number of hydrogen-bond donors (Lipinski definition) is 1. The molecule has 5 heteroatoms. The van der Waals surface area contributed by atoms with E-state index in [0.29, 0.717) is 5.69 Å². The number of carbonyl (C=O) groups excluding carboxylic acids is 1. The first-order valence-electron chi connectivity index (χ1n) is 6.16. The first-order chi connectivity index (χ1) is 9.10. The predicted molar refractivity (Wildman–Crippen MR) is 69.1 cm³/mol. The van der Waals surface area contributed by atoms with Gasteiger partial charge in [0.05, 0.1) is 17.3 Å². The number of aryl methyl sites for hydroxylation is 1. The zero-order valence-electron chi connectivity index (χ0n) is 10.6. The smallest absolute Gasteiger partial charge is 0.235 e. The van der Waals surface area contributed by atoms with Crippen molar-refractivity contribution in [3.63, 3.8) is 0 Å². The third kappa shape index (κ3) is 2.12. The summed E-state index contributed by atoms with van der Waals surface area (Å²) < 4.78 is 14.6. The second-order valence-electron chi connectivity index (χ2n) is 4.95. The summed E-state index contributed by atoms with van der Waals surface area (Å²) in [5.41, 5.74) is 1.06. The van der Waals surface area contributed by atoms with E-state index in [-0.39, 0.29) is 11.7 Å². The van der Waals surface area contributed by atoms with Crippen molar-refractivity contribution in [3.8, 4) is 0 Å². The lowest BCUT2D eigenvalue weighted by molar-refractivity contribution is -0.118. The molecular weight excluding hydrogens is 245 g/mol. The highest BCUT2D eigenvalue weighted by molar-refractivity contribution is 6.01. The van der Waals surface area contributed by atoms with E-state index < -0.39 is 5.41 Å². The molecule has 3 rings (SSSR count). The number of aromatic nitrogens is 2. The highest BCUT2D eigenvalue weighted by Crippen LogP contribution is 2.48. The topological polar surface area (TPSA) is 46.9 Å². The number of hydrogen-bond acceptors (Lipinski definition) is 2. The summed E-state index contributed by atoms with van der Waals surface area (Å²) in [7, 11) is 1.79. The number of anilines is 1. The Morgan fingerprint density at radius 1 is 1.37 bits per heavy atom. The summed E-state index contributed by atoms with van der Waals surface area (Å²) in [6.07, 6.45) is 4.95. The SMILES string of the molecule is Cn1cc(NC(=O)C2(c3ccc(F)cc3)CC2)cn1. The molecule has 0 bridgehead atoms. The number of benzene rings is 1. The molecule has 0 unspecified atom stereocenters. The van der Waals surface area contributed by atoms with Gasteiger partial charge in [0.15, 0.2) is 0 Å². The first-order valence-corrected chi connectivity index (χ1v) is 6.16. The normalized spacial score (nSPS) is 16.1. The van der Waals surface area contributed by atoms with Crippen molar-refractivity contribution in [3.05, 3.63) is 48.0 Å². The van der Waals surface area contributed by atoms with Gasteiger partial charge in [-0.1, -0.05) is 12.1 Å². The molecule has 0 aliphatic heterocycles. The zero-order valence-corrected chi connectivity index (χ0v) is 10.6. The van der Waals surface area contributed by atoms with Gasteiger partial charge in [-0.25, -0.2) is 4.39 Å². The number of rotatable bonds is 3. The van der Waals surface area contributed by atoms with Gasteiger partial charge in [0.1, 0.15) is 5.82 Å². The van der Waals surface area contributed by atoms with Gasteiger partial charge in [-0.15, -0.1) is 0 Å². The number of nitrogens with zero attached hydrogens (tertiary/aromatic N) is 2. The number of amides is 1. The summed E-state index contributed by atoms with van der Waals surface area (Å²) >= 11 is 0. The minimum Gasteiger partial charge on any atom is -0.323 e. The fourth-order valence-corrected chi connectivity index (χ4v) is 2.28. The fraction of sp³-hybridized carbons (Fsp3) is 0.286. The Labute approximate surface area is 110 Å². The largest absolute Gasteiger partial charge is 0.323 e. The molecule has 0 radical (unpaired) electrons. The van der Waals surface area contributed by atoms with Crippen LogP contribution in [0, 0.1) is 5.82 Å². The Hall–Kier alpha value is -2.17. The van der Waals surface area contributed by atoms with Gasteiger partial charge in [0.25, 0.3) is 0 Å². The standard InChI is InChI=1S/C14H14FN3O/c1-18-9-12(8-16-18)17-13(19)14(6-7-14)10-2-4-11(15)5-3-10/h2-5,8-9H,6-7H2,1H3,(H,17,19). The van der Waals surface area contributed by atoms with Gasteiger partial charge in [0.2, 0.25) is 5.91 Å². The Balaban J connectivity index is 1.81. The Kier molecular flexibility index (Phi) is 2.62. The van der Waals surface area contributed by atoms with E-state index in [1.807, 2.05) is 0 Å². The molecule has 19 heavy (non-hydrogen) atoms. The minimum absolute atomic E-state index is 0.0490. The summed E-state index contributed by atoms with van der Waals surface area (Å²) in [4.78, 5) is 12.3. The van der Waals surface area contributed by atoms with Gasteiger partial charge in [0, 0.05) is 13.2 Å². The molecule has 1 N–H and O–H groups in total. The lowest BCUT2D eigenvalue weighted by Gasteiger charge is -2.14. The molecule has 1 aliphatic carbocycles. The van der Waals surface area contributed by atoms with E-state index in [9.17, 15) is 9.18 Å².